The van der Waals surface area contributed by atoms with Gasteiger partial charge in [-0.1, -0.05) is 29.5 Å². The number of carbonyl (C=O) groups is 2. The standard InChI is InChI=1S/C15H18N2O3S/c1-9-5-6-11(10(2)7-9)16-15-17(3)14(19)12(21-15)8-13(18)20-4/h5-7,12H,8H2,1-4H3. The van der Waals surface area contributed by atoms with E-state index >= 15 is 0 Å². The van der Waals surface area contributed by atoms with Crippen LogP contribution in [0.25, 0.3) is 0 Å². The van der Waals surface area contributed by atoms with E-state index in [2.05, 4.69) is 9.73 Å². The molecule has 0 radical (unpaired) electrons. The third-order valence-electron chi connectivity index (χ3n) is 3.29. The van der Waals surface area contributed by atoms with Crippen molar-refractivity contribution in [3.8, 4) is 0 Å². The lowest BCUT2D eigenvalue weighted by molar-refractivity contribution is -0.142. The molecular weight excluding hydrogens is 288 g/mol. The van der Waals surface area contributed by atoms with E-state index in [0.717, 1.165) is 11.3 Å². The van der Waals surface area contributed by atoms with E-state index in [1.807, 2.05) is 32.0 Å². The molecule has 21 heavy (non-hydrogen) atoms. The lowest BCUT2D eigenvalue weighted by Gasteiger charge is -2.09. The molecule has 0 aromatic heterocycles. The van der Waals surface area contributed by atoms with Crippen molar-refractivity contribution in [2.24, 2.45) is 4.99 Å². The number of ether oxygens (including phenoxy) is 1. The molecule has 0 bridgehead atoms. The van der Waals surface area contributed by atoms with Crippen LogP contribution in [0.1, 0.15) is 17.5 Å². The second-order valence-electron chi connectivity index (χ2n) is 4.97. The van der Waals surface area contributed by atoms with Crippen molar-refractivity contribution in [3.63, 3.8) is 0 Å². The number of amides is 1. The number of rotatable bonds is 3. The molecule has 0 N–H and O–H groups in total. The van der Waals surface area contributed by atoms with Crippen LogP contribution >= 0.6 is 11.8 Å². The summed E-state index contributed by atoms with van der Waals surface area (Å²) in [5.41, 5.74) is 3.06. The lowest BCUT2D eigenvalue weighted by atomic mass is 10.1. The number of hydrogen-bond donors (Lipinski definition) is 0. The highest BCUT2D eigenvalue weighted by molar-refractivity contribution is 8.15. The van der Waals surface area contributed by atoms with E-state index in [4.69, 9.17) is 0 Å². The van der Waals surface area contributed by atoms with Crippen molar-refractivity contribution in [2.45, 2.75) is 25.5 Å². The van der Waals surface area contributed by atoms with Crippen molar-refractivity contribution in [1.82, 2.24) is 4.90 Å². The number of nitrogens with zero attached hydrogens (tertiary/aromatic N) is 2. The average Bonchev–Trinajstić information content (AvgIpc) is 2.70. The summed E-state index contributed by atoms with van der Waals surface area (Å²) in [5, 5.41) is 0.160. The second-order valence-corrected chi connectivity index (χ2v) is 6.14. The fourth-order valence-electron chi connectivity index (χ4n) is 2.07. The van der Waals surface area contributed by atoms with Crippen molar-refractivity contribution in [1.29, 1.82) is 0 Å². The molecule has 2 rings (SSSR count). The first-order valence-corrected chi connectivity index (χ1v) is 7.47. The van der Waals surface area contributed by atoms with E-state index in [1.54, 1.807) is 7.05 Å². The SMILES string of the molecule is COC(=O)CC1SC(=Nc2ccc(C)cc2C)N(C)C1=O. The fourth-order valence-corrected chi connectivity index (χ4v) is 3.20. The quantitative estimate of drug-likeness (QED) is 0.805. The van der Waals surface area contributed by atoms with Crippen LogP contribution in [0.5, 0.6) is 0 Å². The van der Waals surface area contributed by atoms with Gasteiger partial charge in [0.15, 0.2) is 5.17 Å². The molecule has 1 aliphatic heterocycles. The van der Waals surface area contributed by atoms with Gasteiger partial charge in [0.05, 0.1) is 19.2 Å². The van der Waals surface area contributed by atoms with Crippen LogP contribution in [0.15, 0.2) is 23.2 Å². The smallest absolute Gasteiger partial charge is 0.307 e. The summed E-state index contributed by atoms with van der Waals surface area (Å²) in [7, 11) is 3.00. The van der Waals surface area contributed by atoms with Crippen LogP contribution in [0.3, 0.4) is 0 Å². The van der Waals surface area contributed by atoms with Gasteiger partial charge in [-0.25, -0.2) is 4.99 Å². The van der Waals surface area contributed by atoms with E-state index < -0.39 is 5.25 Å². The van der Waals surface area contributed by atoms with Crippen LogP contribution in [-0.2, 0) is 14.3 Å². The Bertz CT molecular complexity index is 613. The zero-order valence-electron chi connectivity index (χ0n) is 12.5. The van der Waals surface area contributed by atoms with Crippen LogP contribution in [0.4, 0.5) is 5.69 Å². The minimum absolute atomic E-state index is 0.0657. The van der Waals surface area contributed by atoms with E-state index in [9.17, 15) is 9.59 Å². The molecule has 5 nitrogen and oxygen atoms in total. The van der Waals surface area contributed by atoms with Crippen LogP contribution < -0.4 is 0 Å². The van der Waals surface area contributed by atoms with Crippen LogP contribution in [0, 0.1) is 13.8 Å². The second kappa shape index (κ2) is 6.30. The molecule has 1 saturated heterocycles. The van der Waals surface area contributed by atoms with Crippen LogP contribution in [0.2, 0.25) is 0 Å². The number of esters is 1. The molecule has 6 heteroatoms. The number of amidine groups is 1. The first-order valence-electron chi connectivity index (χ1n) is 6.59. The Kier molecular flexibility index (Phi) is 4.67. The average molecular weight is 306 g/mol. The molecule has 1 atom stereocenters. The number of carbonyl (C=O) groups excluding carboxylic acids is 2. The van der Waals surface area contributed by atoms with Gasteiger partial charge in [-0.3, -0.25) is 14.5 Å². The molecule has 1 fully saturated rings. The predicted octanol–water partition coefficient (Wildman–Crippen LogP) is 2.43. The van der Waals surface area contributed by atoms with E-state index in [1.165, 1.54) is 29.3 Å². The summed E-state index contributed by atoms with van der Waals surface area (Å²) in [6.45, 7) is 4.01. The lowest BCUT2D eigenvalue weighted by Crippen LogP contribution is -2.29. The van der Waals surface area contributed by atoms with Gasteiger partial charge in [0, 0.05) is 7.05 Å². The molecule has 1 amide bonds. The van der Waals surface area contributed by atoms with Gasteiger partial charge in [-0.05, 0) is 25.5 Å². The van der Waals surface area contributed by atoms with Gasteiger partial charge in [-0.15, -0.1) is 0 Å². The normalized spacial score (nSPS) is 20.2. The van der Waals surface area contributed by atoms with Gasteiger partial charge in [0.2, 0.25) is 5.91 Å². The van der Waals surface area contributed by atoms with Gasteiger partial charge in [0.25, 0.3) is 0 Å². The molecule has 0 spiro atoms. The molecule has 1 heterocycles. The first kappa shape index (κ1) is 15.6. The zero-order valence-corrected chi connectivity index (χ0v) is 13.4. The summed E-state index contributed by atoms with van der Waals surface area (Å²) in [6.07, 6.45) is 0.0657. The molecule has 1 aromatic rings. The Morgan fingerprint density at radius 3 is 2.76 bits per heavy atom. The monoisotopic (exact) mass is 306 g/mol. The minimum Gasteiger partial charge on any atom is -0.469 e. The van der Waals surface area contributed by atoms with E-state index in [0.29, 0.717) is 5.17 Å². The number of benzene rings is 1. The summed E-state index contributed by atoms with van der Waals surface area (Å²) in [6, 6.07) is 5.97. The van der Waals surface area contributed by atoms with Gasteiger partial charge >= 0.3 is 5.97 Å². The number of aryl methyl sites for hydroxylation is 2. The minimum atomic E-state index is -0.452. The first-order chi connectivity index (χ1) is 9.92. The van der Waals surface area contributed by atoms with Crippen molar-refractivity contribution in [2.75, 3.05) is 14.2 Å². The van der Waals surface area contributed by atoms with Crippen molar-refractivity contribution < 1.29 is 14.3 Å². The summed E-state index contributed by atoms with van der Waals surface area (Å²) in [4.78, 5) is 29.5. The third-order valence-corrected chi connectivity index (χ3v) is 4.52. The number of methoxy groups -OCH3 is 1. The maximum atomic E-state index is 12.1. The zero-order chi connectivity index (χ0) is 15.6. The molecule has 0 saturated carbocycles. The number of aliphatic imine (C=N–C) groups is 1. The Balaban J connectivity index is 2.22. The van der Waals surface area contributed by atoms with Crippen molar-refractivity contribution in [3.05, 3.63) is 29.3 Å². The number of hydrogen-bond acceptors (Lipinski definition) is 5. The predicted molar refractivity (Wildman–Crippen MR) is 83.8 cm³/mol. The van der Waals surface area contributed by atoms with Crippen molar-refractivity contribution >= 4 is 34.5 Å². The molecule has 0 aliphatic carbocycles. The summed E-state index contributed by atoms with van der Waals surface area (Å²) in [5.74, 6) is -0.504. The Morgan fingerprint density at radius 1 is 1.43 bits per heavy atom. The molecule has 1 aliphatic rings. The van der Waals surface area contributed by atoms with Gasteiger partial charge in [-0.2, -0.15) is 0 Å². The Hall–Kier alpha value is -1.82. The maximum Gasteiger partial charge on any atom is 0.307 e. The van der Waals surface area contributed by atoms with Crippen LogP contribution in [-0.4, -0.2) is 41.4 Å². The summed E-state index contributed by atoms with van der Waals surface area (Å²) >= 11 is 1.30. The largest absolute Gasteiger partial charge is 0.469 e. The molecule has 1 unspecified atom stereocenters. The topological polar surface area (TPSA) is 59.0 Å². The maximum absolute atomic E-state index is 12.1. The Labute approximate surface area is 128 Å². The highest BCUT2D eigenvalue weighted by atomic mass is 32.2. The highest BCUT2D eigenvalue weighted by Crippen LogP contribution is 2.31. The highest BCUT2D eigenvalue weighted by Gasteiger charge is 2.37. The molecule has 112 valence electrons. The summed E-state index contributed by atoms with van der Waals surface area (Å²) < 4.78 is 4.62. The molecular formula is C15H18N2O3S. The number of thioether (sulfide) groups is 1. The van der Waals surface area contributed by atoms with E-state index in [-0.39, 0.29) is 18.3 Å². The third kappa shape index (κ3) is 3.44. The van der Waals surface area contributed by atoms with Gasteiger partial charge < -0.3 is 4.74 Å². The Morgan fingerprint density at radius 2 is 2.14 bits per heavy atom. The molecule has 1 aromatic carbocycles. The van der Waals surface area contributed by atoms with Gasteiger partial charge in [0.1, 0.15) is 5.25 Å². The fraction of sp³-hybridized carbons (Fsp3) is 0.400.